The molecule has 0 aliphatic carbocycles. The van der Waals surface area contributed by atoms with Crippen molar-refractivity contribution in [2.24, 2.45) is 0 Å². The summed E-state index contributed by atoms with van der Waals surface area (Å²) in [6, 6.07) is 16.0. The quantitative estimate of drug-likeness (QED) is 0.403. The van der Waals surface area contributed by atoms with Crippen molar-refractivity contribution in [3.05, 3.63) is 96.5 Å². The van der Waals surface area contributed by atoms with Crippen LogP contribution in [0.4, 0.5) is 5.69 Å². The van der Waals surface area contributed by atoms with Crippen LogP contribution in [0, 0.1) is 10.1 Å². The summed E-state index contributed by atoms with van der Waals surface area (Å²) in [5, 5.41) is 15.3. The van der Waals surface area contributed by atoms with Gasteiger partial charge in [-0.3, -0.25) is 14.9 Å². The van der Waals surface area contributed by atoms with E-state index in [9.17, 15) is 14.9 Å². The lowest BCUT2D eigenvalue weighted by Gasteiger charge is -1.94. The van der Waals surface area contributed by atoms with Crippen molar-refractivity contribution in [1.29, 1.82) is 0 Å². The fourth-order valence-electron chi connectivity index (χ4n) is 2.57. The molecule has 0 unspecified atom stereocenters. The van der Waals surface area contributed by atoms with Crippen molar-refractivity contribution in [3.8, 4) is 0 Å². The fraction of sp³-hybridized carbons (Fsp3) is 0. The second kappa shape index (κ2) is 6.93. The minimum atomic E-state index is -0.472. The molecule has 2 heterocycles. The van der Waals surface area contributed by atoms with E-state index in [0.29, 0.717) is 20.9 Å². The van der Waals surface area contributed by atoms with Gasteiger partial charge in [0.15, 0.2) is 5.82 Å². The maximum Gasteiger partial charge on any atom is 0.291 e. The molecule has 0 fully saturated rings. The summed E-state index contributed by atoms with van der Waals surface area (Å²) in [7, 11) is 0. The van der Waals surface area contributed by atoms with Crippen LogP contribution in [0.1, 0.15) is 17.0 Å². The highest BCUT2D eigenvalue weighted by Crippen LogP contribution is 2.18. The number of hydrogen-bond donors (Lipinski definition) is 0. The second-order valence-corrected chi connectivity index (χ2v) is 6.65. The molecule has 2 aromatic heterocycles. The highest BCUT2D eigenvalue weighted by atomic mass is 32.1. The Kier molecular flexibility index (Phi) is 4.31. The van der Waals surface area contributed by atoms with Gasteiger partial charge < -0.3 is 0 Å². The zero-order valence-corrected chi connectivity index (χ0v) is 14.7. The Bertz CT molecular complexity index is 1280. The van der Waals surface area contributed by atoms with E-state index in [4.69, 9.17) is 0 Å². The number of rotatable bonds is 4. The van der Waals surface area contributed by atoms with E-state index in [0.717, 1.165) is 16.9 Å². The lowest BCUT2D eigenvalue weighted by atomic mass is 10.2. The number of nitrogens with zero attached hydrogens (tertiary/aromatic N) is 4. The zero-order chi connectivity index (χ0) is 18.8. The Hall–Kier alpha value is -3.65. The minimum Gasteiger partial charge on any atom is -0.266 e. The summed E-state index contributed by atoms with van der Waals surface area (Å²) in [6.07, 6.45) is 5.10. The number of benzene rings is 2. The summed E-state index contributed by atoms with van der Waals surface area (Å²) < 4.78 is 1.56. The molecule has 7 nitrogen and oxygen atoms in total. The molecule has 0 spiro atoms. The standard InChI is InChI=1S/C19H12N4O3S/c24-18-16(12-14-8-4-5-9-15(14)23(25)26)27-19-20-17(21-22(18)19)11-10-13-6-2-1-3-7-13/h1-12H/b11-10+,16-12+. The van der Waals surface area contributed by atoms with Crippen molar-refractivity contribution in [2.75, 3.05) is 0 Å². The molecular formula is C19H12N4O3S. The minimum absolute atomic E-state index is 0.0533. The number of nitro groups is 1. The normalized spacial score (nSPS) is 12.2. The Morgan fingerprint density at radius 2 is 1.78 bits per heavy atom. The van der Waals surface area contributed by atoms with Crippen LogP contribution >= 0.6 is 11.3 Å². The molecule has 8 heteroatoms. The van der Waals surface area contributed by atoms with Crippen LogP contribution in [-0.2, 0) is 0 Å². The smallest absolute Gasteiger partial charge is 0.266 e. The van der Waals surface area contributed by atoms with E-state index in [1.807, 2.05) is 36.4 Å². The number of thiazole rings is 1. The van der Waals surface area contributed by atoms with Crippen molar-refractivity contribution < 1.29 is 4.92 Å². The van der Waals surface area contributed by atoms with Crippen LogP contribution in [0.25, 0.3) is 23.2 Å². The van der Waals surface area contributed by atoms with Crippen LogP contribution in [0.3, 0.4) is 0 Å². The first-order valence-corrected chi connectivity index (χ1v) is 8.81. The molecule has 0 aliphatic rings. The largest absolute Gasteiger partial charge is 0.291 e. The van der Waals surface area contributed by atoms with Crippen LogP contribution in [-0.4, -0.2) is 19.5 Å². The Morgan fingerprint density at radius 3 is 2.52 bits per heavy atom. The van der Waals surface area contributed by atoms with Gasteiger partial charge >= 0.3 is 0 Å². The summed E-state index contributed by atoms with van der Waals surface area (Å²) in [5.74, 6) is 0.430. The lowest BCUT2D eigenvalue weighted by Crippen LogP contribution is -2.23. The summed E-state index contributed by atoms with van der Waals surface area (Å²) in [6.45, 7) is 0. The van der Waals surface area contributed by atoms with Crippen LogP contribution < -0.4 is 10.1 Å². The van der Waals surface area contributed by atoms with Crippen molar-refractivity contribution in [3.63, 3.8) is 0 Å². The number of aromatic nitrogens is 3. The van der Waals surface area contributed by atoms with Crippen LogP contribution in [0.15, 0.2) is 59.4 Å². The van der Waals surface area contributed by atoms with E-state index in [1.54, 1.807) is 24.3 Å². The number of hydrogen-bond acceptors (Lipinski definition) is 6. The highest BCUT2D eigenvalue weighted by molar-refractivity contribution is 7.15. The molecule has 0 bridgehead atoms. The predicted octanol–water partition coefficient (Wildman–Crippen LogP) is 2.78. The third-order valence-electron chi connectivity index (χ3n) is 3.84. The zero-order valence-electron chi connectivity index (χ0n) is 13.9. The highest BCUT2D eigenvalue weighted by Gasteiger charge is 2.13. The summed E-state index contributed by atoms with van der Waals surface area (Å²) in [4.78, 5) is 28.0. The molecule has 2 aromatic carbocycles. The average Bonchev–Trinajstić information content (AvgIpc) is 3.20. The third-order valence-corrected chi connectivity index (χ3v) is 4.80. The fourth-order valence-corrected chi connectivity index (χ4v) is 3.48. The number of para-hydroxylation sites is 1. The Morgan fingerprint density at radius 1 is 1.04 bits per heavy atom. The van der Waals surface area contributed by atoms with Crippen LogP contribution in [0.2, 0.25) is 0 Å². The van der Waals surface area contributed by atoms with Gasteiger partial charge in [0.25, 0.3) is 11.2 Å². The molecule has 0 amide bonds. The van der Waals surface area contributed by atoms with Crippen molar-refractivity contribution in [1.82, 2.24) is 14.6 Å². The topological polar surface area (TPSA) is 90.4 Å². The molecular weight excluding hydrogens is 364 g/mol. The van der Waals surface area contributed by atoms with E-state index >= 15 is 0 Å². The molecule has 27 heavy (non-hydrogen) atoms. The van der Waals surface area contributed by atoms with Gasteiger partial charge in [0, 0.05) is 6.07 Å². The predicted molar refractivity (Wildman–Crippen MR) is 104 cm³/mol. The Labute approximate surface area is 156 Å². The van der Waals surface area contributed by atoms with E-state index in [1.165, 1.54) is 16.7 Å². The van der Waals surface area contributed by atoms with Crippen LogP contribution in [0.5, 0.6) is 0 Å². The van der Waals surface area contributed by atoms with E-state index < -0.39 is 4.92 Å². The maximum absolute atomic E-state index is 12.5. The number of fused-ring (bicyclic) bond motifs is 1. The first-order chi connectivity index (χ1) is 13.1. The van der Waals surface area contributed by atoms with Gasteiger partial charge in [0.2, 0.25) is 4.96 Å². The first kappa shape index (κ1) is 16.8. The Balaban J connectivity index is 1.73. The lowest BCUT2D eigenvalue weighted by molar-refractivity contribution is -0.385. The van der Waals surface area contributed by atoms with Crippen molar-refractivity contribution in [2.45, 2.75) is 0 Å². The average molecular weight is 376 g/mol. The van der Waals surface area contributed by atoms with Gasteiger partial charge in [0.05, 0.1) is 15.0 Å². The van der Waals surface area contributed by atoms with Gasteiger partial charge in [0.1, 0.15) is 0 Å². The maximum atomic E-state index is 12.5. The number of nitro benzene ring substituents is 1. The van der Waals surface area contributed by atoms with Gasteiger partial charge in [-0.25, -0.2) is 0 Å². The van der Waals surface area contributed by atoms with Crippen molar-refractivity contribution >= 4 is 40.2 Å². The third kappa shape index (κ3) is 3.38. The second-order valence-electron chi connectivity index (χ2n) is 5.64. The monoisotopic (exact) mass is 376 g/mol. The molecule has 132 valence electrons. The van der Waals surface area contributed by atoms with E-state index in [-0.39, 0.29) is 11.2 Å². The molecule has 0 saturated heterocycles. The SMILES string of the molecule is O=c1/c(=C\c2ccccc2[N+](=O)[O-])sc2nc(/C=C/c3ccccc3)nn12. The molecule has 4 rings (SSSR count). The molecule has 0 atom stereocenters. The van der Waals surface area contributed by atoms with Gasteiger partial charge in [-0.2, -0.15) is 9.50 Å². The van der Waals surface area contributed by atoms with Gasteiger partial charge in [-0.1, -0.05) is 59.9 Å². The summed E-state index contributed by atoms with van der Waals surface area (Å²) >= 11 is 1.15. The first-order valence-electron chi connectivity index (χ1n) is 8.00. The van der Waals surface area contributed by atoms with Gasteiger partial charge in [-0.05, 0) is 23.8 Å². The molecule has 4 aromatic rings. The summed E-state index contributed by atoms with van der Waals surface area (Å²) in [5.41, 5.74) is 0.971. The molecule has 0 saturated carbocycles. The van der Waals surface area contributed by atoms with E-state index in [2.05, 4.69) is 10.1 Å². The molecule has 0 N–H and O–H groups in total. The molecule has 0 aliphatic heterocycles. The van der Waals surface area contributed by atoms with Gasteiger partial charge in [-0.15, -0.1) is 5.10 Å². The molecule has 0 radical (unpaired) electrons.